The maximum atomic E-state index is 9.09. The molecule has 3 nitrogen and oxygen atoms in total. The van der Waals surface area contributed by atoms with Gasteiger partial charge in [0, 0.05) is 6.61 Å². The third-order valence-corrected chi connectivity index (χ3v) is 3.57. The summed E-state index contributed by atoms with van der Waals surface area (Å²) >= 11 is 0. The molecule has 2 rings (SSSR count). The highest BCUT2D eigenvalue weighted by Gasteiger charge is 2.21. The highest BCUT2D eigenvalue weighted by atomic mass is 16.5. The first-order valence-electron chi connectivity index (χ1n) is 7.26. The summed E-state index contributed by atoms with van der Waals surface area (Å²) in [5.41, 5.74) is 1.22. The van der Waals surface area contributed by atoms with E-state index in [-0.39, 0.29) is 12.7 Å². The normalized spacial score (nSPS) is 23.4. The van der Waals surface area contributed by atoms with Crippen molar-refractivity contribution < 1.29 is 14.6 Å². The smallest absolute Gasteiger partial charge is 0.0809 e. The lowest BCUT2D eigenvalue weighted by Gasteiger charge is -2.28. The first-order chi connectivity index (χ1) is 9.38. The molecule has 1 N–H and O–H groups in total. The van der Waals surface area contributed by atoms with Gasteiger partial charge in [-0.1, -0.05) is 30.3 Å². The summed E-state index contributed by atoms with van der Waals surface area (Å²) < 4.78 is 11.5. The van der Waals surface area contributed by atoms with Crippen molar-refractivity contribution in [2.75, 3.05) is 13.2 Å². The van der Waals surface area contributed by atoms with Gasteiger partial charge in [-0.3, -0.25) is 0 Å². The zero-order chi connectivity index (χ0) is 13.3. The Bertz CT molecular complexity index is 339. The molecule has 0 unspecified atom stereocenters. The van der Waals surface area contributed by atoms with Crippen LogP contribution in [0.15, 0.2) is 30.3 Å². The van der Waals surface area contributed by atoms with Crippen LogP contribution < -0.4 is 0 Å². The summed E-state index contributed by atoms with van der Waals surface area (Å²) in [6.45, 7) is 1.62. The number of hydrogen-bond donors (Lipinski definition) is 1. The first-order valence-corrected chi connectivity index (χ1v) is 7.26. The van der Waals surface area contributed by atoms with Crippen LogP contribution in [-0.2, 0) is 16.1 Å². The van der Waals surface area contributed by atoms with Gasteiger partial charge in [0.1, 0.15) is 0 Å². The van der Waals surface area contributed by atoms with Crippen LogP contribution in [0.2, 0.25) is 0 Å². The molecule has 0 aromatic heterocycles. The van der Waals surface area contributed by atoms with E-state index in [4.69, 9.17) is 14.6 Å². The maximum Gasteiger partial charge on any atom is 0.0809 e. The number of hydrogen-bond acceptors (Lipinski definition) is 3. The molecule has 0 bridgehead atoms. The molecular formula is C16H24O3. The Balaban J connectivity index is 1.54. The van der Waals surface area contributed by atoms with Gasteiger partial charge in [-0.2, -0.15) is 0 Å². The lowest BCUT2D eigenvalue weighted by molar-refractivity contribution is -0.0769. The van der Waals surface area contributed by atoms with E-state index in [2.05, 4.69) is 12.1 Å². The molecule has 1 aromatic carbocycles. The third kappa shape index (κ3) is 5.31. The van der Waals surface area contributed by atoms with Gasteiger partial charge in [0.15, 0.2) is 0 Å². The number of aliphatic hydroxyl groups excluding tert-OH is 1. The van der Waals surface area contributed by atoms with Crippen LogP contribution in [0.5, 0.6) is 0 Å². The summed E-state index contributed by atoms with van der Waals surface area (Å²) in [5, 5.41) is 9.09. The van der Waals surface area contributed by atoms with Crippen LogP contribution in [-0.4, -0.2) is 30.5 Å². The molecule has 2 atom stereocenters. The van der Waals surface area contributed by atoms with Crippen LogP contribution in [0.1, 0.15) is 37.7 Å². The van der Waals surface area contributed by atoms with Gasteiger partial charge in [0.2, 0.25) is 0 Å². The molecule has 1 fully saturated rings. The summed E-state index contributed by atoms with van der Waals surface area (Å²) in [6.07, 6.45) is 5.71. The predicted molar refractivity (Wildman–Crippen MR) is 74.9 cm³/mol. The Kier molecular flexibility index (Phi) is 6.34. The van der Waals surface area contributed by atoms with Crippen LogP contribution in [0.4, 0.5) is 0 Å². The van der Waals surface area contributed by atoms with Gasteiger partial charge in [-0.05, 0) is 37.7 Å². The fourth-order valence-electron chi connectivity index (χ4n) is 2.51. The second-order valence-corrected chi connectivity index (χ2v) is 5.17. The van der Waals surface area contributed by atoms with Gasteiger partial charge >= 0.3 is 0 Å². The fourth-order valence-corrected chi connectivity index (χ4v) is 2.51. The summed E-state index contributed by atoms with van der Waals surface area (Å²) in [6, 6.07) is 10.2. The van der Waals surface area contributed by atoms with Crippen molar-refractivity contribution in [2.45, 2.75) is 50.9 Å². The lowest BCUT2D eigenvalue weighted by Crippen LogP contribution is -2.30. The van der Waals surface area contributed by atoms with Gasteiger partial charge in [-0.15, -0.1) is 0 Å². The monoisotopic (exact) mass is 264 g/mol. The molecular weight excluding hydrogens is 240 g/mol. The van der Waals surface area contributed by atoms with E-state index in [0.29, 0.717) is 12.7 Å². The molecule has 19 heavy (non-hydrogen) atoms. The second-order valence-electron chi connectivity index (χ2n) is 5.17. The highest BCUT2D eigenvalue weighted by Crippen LogP contribution is 2.21. The van der Waals surface area contributed by atoms with Gasteiger partial charge in [-0.25, -0.2) is 0 Å². The molecule has 1 aliphatic rings. The summed E-state index contributed by atoms with van der Waals surface area (Å²) in [5.74, 6) is 0. The zero-order valence-electron chi connectivity index (χ0n) is 11.5. The average molecular weight is 264 g/mol. The second kappa shape index (κ2) is 8.31. The van der Waals surface area contributed by atoms with Crippen molar-refractivity contribution in [2.24, 2.45) is 0 Å². The van der Waals surface area contributed by atoms with Crippen LogP contribution in [0.3, 0.4) is 0 Å². The molecule has 0 amide bonds. The van der Waals surface area contributed by atoms with Crippen LogP contribution in [0, 0.1) is 0 Å². The van der Waals surface area contributed by atoms with E-state index in [0.717, 1.165) is 32.3 Å². The predicted octanol–water partition coefficient (Wildman–Crippen LogP) is 2.91. The minimum absolute atomic E-state index is 0.0592. The Morgan fingerprint density at radius 3 is 2.74 bits per heavy atom. The molecule has 1 aliphatic heterocycles. The van der Waals surface area contributed by atoms with Crippen molar-refractivity contribution in [3.63, 3.8) is 0 Å². The van der Waals surface area contributed by atoms with E-state index < -0.39 is 0 Å². The van der Waals surface area contributed by atoms with Crippen molar-refractivity contribution in [3.8, 4) is 0 Å². The van der Waals surface area contributed by atoms with E-state index >= 15 is 0 Å². The Hall–Kier alpha value is -0.900. The molecule has 1 heterocycles. The van der Waals surface area contributed by atoms with E-state index in [1.54, 1.807) is 0 Å². The lowest BCUT2D eigenvalue weighted by atomic mass is 10.0. The van der Waals surface area contributed by atoms with Crippen molar-refractivity contribution >= 4 is 0 Å². The average Bonchev–Trinajstić information content (AvgIpc) is 2.48. The van der Waals surface area contributed by atoms with E-state index in [1.165, 1.54) is 12.0 Å². The van der Waals surface area contributed by atoms with Gasteiger partial charge < -0.3 is 14.6 Å². The summed E-state index contributed by atoms with van der Waals surface area (Å²) in [7, 11) is 0. The van der Waals surface area contributed by atoms with Crippen molar-refractivity contribution in [1.82, 2.24) is 0 Å². The first kappa shape index (κ1) is 14.5. The molecule has 0 radical (unpaired) electrons. The summed E-state index contributed by atoms with van der Waals surface area (Å²) in [4.78, 5) is 0. The molecule has 0 aliphatic carbocycles. The Labute approximate surface area is 115 Å². The molecule has 3 heteroatoms. The van der Waals surface area contributed by atoms with Crippen LogP contribution >= 0.6 is 0 Å². The maximum absolute atomic E-state index is 9.09. The Morgan fingerprint density at radius 1 is 1.16 bits per heavy atom. The van der Waals surface area contributed by atoms with E-state index in [1.807, 2.05) is 18.2 Å². The third-order valence-electron chi connectivity index (χ3n) is 3.57. The molecule has 1 saturated heterocycles. The molecule has 106 valence electrons. The van der Waals surface area contributed by atoms with Gasteiger partial charge in [0.25, 0.3) is 0 Å². The minimum atomic E-state index is 0.0592. The minimum Gasteiger partial charge on any atom is -0.394 e. The molecule has 1 aromatic rings. The van der Waals surface area contributed by atoms with Crippen molar-refractivity contribution in [1.29, 1.82) is 0 Å². The number of rotatable bonds is 7. The number of ether oxygens (including phenoxy) is 2. The van der Waals surface area contributed by atoms with Crippen LogP contribution in [0.25, 0.3) is 0 Å². The number of aliphatic hydroxyl groups is 1. The van der Waals surface area contributed by atoms with Crippen molar-refractivity contribution in [3.05, 3.63) is 35.9 Å². The quantitative estimate of drug-likeness (QED) is 0.770. The topological polar surface area (TPSA) is 38.7 Å². The highest BCUT2D eigenvalue weighted by molar-refractivity contribution is 5.13. The number of benzene rings is 1. The SMILES string of the molecule is OC[C@H]1CCC[C@H](CCCOCc2ccccc2)O1. The molecule has 0 saturated carbocycles. The fraction of sp³-hybridized carbons (Fsp3) is 0.625. The van der Waals surface area contributed by atoms with E-state index in [9.17, 15) is 0 Å². The largest absolute Gasteiger partial charge is 0.394 e. The van der Waals surface area contributed by atoms with Gasteiger partial charge in [0.05, 0.1) is 25.4 Å². The zero-order valence-corrected chi connectivity index (χ0v) is 11.5. The molecule has 0 spiro atoms. The standard InChI is InChI=1S/C16H24O3/c17-12-16-9-4-8-15(19-16)10-5-11-18-13-14-6-2-1-3-7-14/h1-3,6-7,15-17H,4-5,8-13H2/t15-,16-/m1/s1. The Morgan fingerprint density at radius 2 is 1.95 bits per heavy atom.